The molecule has 106 valence electrons. The number of aliphatic hydroxyl groups excluding tert-OH is 2. The standard InChI is InChI=1S/C13H15N3O4/c17-7-5-16(6-8-18)12-9-3-1-2-4-10(9)14-15-11(12)13(19)20/h1-4,17-18H,5-8H2,(H,19,20). The Morgan fingerprint density at radius 1 is 1.10 bits per heavy atom. The SMILES string of the molecule is O=C(O)c1nnc2ccccc2c1N(CCO)CCO. The largest absolute Gasteiger partial charge is 0.476 e. The molecular formula is C13H15N3O4. The van der Waals surface area contributed by atoms with E-state index >= 15 is 0 Å². The minimum absolute atomic E-state index is 0.157. The zero-order valence-electron chi connectivity index (χ0n) is 10.7. The number of benzene rings is 1. The van der Waals surface area contributed by atoms with Gasteiger partial charge in [-0.1, -0.05) is 18.2 Å². The highest BCUT2D eigenvalue weighted by Gasteiger charge is 2.21. The smallest absolute Gasteiger partial charge is 0.358 e. The van der Waals surface area contributed by atoms with Crippen LogP contribution in [-0.4, -0.2) is 57.8 Å². The van der Waals surface area contributed by atoms with Crippen LogP contribution in [0.3, 0.4) is 0 Å². The molecule has 7 nitrogen and oxygen atoms in total. The summed E-state index contributed by atoms with van der Waals surface area (Å²) in [5, 5.41) is 35.7. The number of rotatable bonds is 6. The van der Waals surface area contributed by atoms with Gasteiger partial charge in [-0.3, -0.25) is 0 Å². The second-order valence-electron chi connectivity index (χ2n) is 4.15. The molecule has 0 saturated carbocycles. The molecule has 0 aliphatic heterocycles. The third-order valence-corrected chi connectivity index (χ3v) is 2.90. The van der Waals surface area contributed by atoms with Crippen LogP contribution in [0.4, 0.5) is 5.69 Å². The van der Waals surface area contributed by atoms with Crippen molar-refractivity contribution >= 4 is 22.6 Å². The maximum atomic E-state index is 11.3. The summed E-state index contributed by atoms with van der Waals surface area (Å²) in [4.78, 5) is 12.9. The van der Waals surface area contributed by atoms with Crippen molar-refractivity contribution in [3.63, 3.8) is 0 Å². The highest BCUT2D eigenvalue weighted by atomic mass is 16.4. The summed E-state index contributed by atoms with van der Waals surface area (Å²) in [7, 11) is 0. The van der Waals surface area contributed by atoms with Crippen LogP contribution in [0.5, 0.6) is 0 Å². The second kappa shape index (κ2) is 6.27. The zero-order valence-corrected chi connectivity index (χ0v) is 10.7. The number of aromatic nitrogens is 2. The van der Waals surface area contributed by atoms with Gasteiger partial charge in [0.25, 0.3) is 0 Å². The van der Waals surface area contributed by atoms with Crippen molar-refractivity contribution in [2.45, 2.75) is 0 Å². The normalized spacial score (nSPS) is 10.7. The molecule has 0 aliphatic rings. The van der Waals surface area contributed by atoms with Crippen LogP contribution in [0.25, 0.3) is 10.9 Å². The molecule has 7 heteroatoms. The number of hydrogen-bond donors (Lipinski definition) is 3. The van der Waals surface area contributed by atoms with Crippen molar-refractivity contribution in [1.82, 2.24) is 10.2 Å². The highest BCUT2D eigenvalue weighted by molar-refractivity contribution is 6.02. The molecule has 2 aromatic rings. The molecule has 0 spiro atoms. The quantitative estimate of drug-likeness (QED) is 0.688. The molecule has 0 bridgehead atoms. The number of carbonyl (C=O) groups is 1. The minimum atomic E-state index is -1.20. The third kappa shape index (κ3) is 2.68. The van der Waals surface area contributed by atoms with Crippen molar-refractivity contribution in [3.8, 4) is 0 Å². The minimum Gasteiger partial charge on any atom is -0.476 e. The molecule has 1 heterocycles. The molecule has 0 atom stereocenters. The monoisotopic (exact) mass is 277 g/mol. The molecule has 0 amide bonds. The van der Waals surface area contributed by atoms with Gasteiger partial charge in [-0.15, -0.1) is 10.2 Å². The van der Waals surface area contributed by atoms with Crippen molar-refractivity contribution < 1.29 is 20.1 Å². The predicted octanol–water partition coefficient (Wildman–Crippen LogP) is 0.119. The van der Waals surface area contributed by atoms with Crippen LogP contribution in [0.15, 0.2) is 24.3 Å². The van der Waals surface area contributed by atoms with E-state index in [0.717, 1.165) is 0 Å². The number of carboxylic acids is 1. The molecule has 0 aliphatic carbocycles. The van der Waals surface area contributed by atoms with E-state index in [-0.39, 0.29) is 32.0 Å². The highest BCUT2D eigenvalue weighted by Crippen LogP contribution is 2.28. The summed E-state index contributed by atoms with van der Waals surface area (Å²) in [5.41, 5.74) is 0.741. The van der Waals surface area contributed by atoms with Crippen LogP contribution in [0.1, 0.15) is 10.5 Å². The molecule has 20 heavy (non-hydrogen) atoms. The lowest BCUT2D eigenvalue weighted by molar-refractivity contribution is 0.0690. The van der Waals surface area contributed by atoms with Gasteiger partial charge in [0.1, 0.15) is 0 Å². The van der Waals surface area contributed by atoms with Gasteiger partial charge in [-0.2, -0.15) is 0 Å². The Hall–Kier alpha value is -2.25. The van der Waals surface area contributed by atoms with Gasteiger partial charge in [0.05, 0.1) is 24.4 Å². The zero-order chi connectivity index (χ0) is 14.5. The molecule has 1 aromatic heterocycles. The van der Waals surface area contributed by atoms with E-state index < -0.39 is 5.97 Å². The van der Waals surface area contributed by atoms with Gasteiger partial charge in [0, 0.05) is 18.5 Å². The molecule has 3 N–H and O–H groups in total. The lowest BCUT2D eigenvalue weighted by atomic mass is 10.1. The number of anilines is 1. The van der Waals surface area contributed by atoms with E-state index in [4.69, 9.17) is 10.2 Å². The topological polar surface area (TPSA) is 107 Å². The lowest BCUT2D eigenvalue weighted by Crippen LogP contribution is -2.31. The first-order valence-corrected chi connectivity index (χ1v) is 6.14. The number of hydrogen-bond acceptors (Lipinski definition) is 6. The molecule has 0 saturated heterocycles. The van der Waals surface area contributed by atoms with E-state index in [9.17, 15) is 9.90 Å². The fourth-order valence-electron chi connectivity index (χ4n) is 2.08. The number of nitrogens with zero attached hydrogens (tertiary/aromatic N) is 3. The number of fused-ring (bicyclic) bond motifs is 1. The van der Waals surface area contributed by atoms with Gasteiger partial charge in [-0.05, 0) is 6.07 Å². The summed E-state index contributed by atoms with van der Waals surface area (Å²) < 4.78 is 0. The number of aliphatic hydroxyl groups is 2. The molecular weight excluding hydrogens is 262 g/mol. The van der Waals surface area contributed by atoms with E-state index in [1.807, 2.05) is 0 Å². The van der Waals surface area contributed by atoms with Crippen molar-refractivity contribution in [2.75, 3.05) is 31.2 Å². The maximum Gasteiger partial charge on any atom is 0.358 e. The summed E-state index contributed by atoms with van der Waals surface area (Å²) in [6.07, 6.45) is 0. The molecule has 1 aromatic carbocycles. The van der Waals surface area contributed by atoms with Gasteiger partial charge >= 0.3 is 5.97 Å². The number of aromatic carboxylic acids is 1. The van der Waals surface area contributed by atoms with E-state index in [0.29, 0.717) is 16.6 Å². The van der Waals surface area contributed by atoms with E-state index in [1.54, 1.807) is 29.2 Å². The van der Waals surface area contributed by atoms with Crippen molar-refractivity contribution in [3.05, 3.63) is 30.0 Å². The van der Waals surface area contributed by atoms with Gasteiger partial charge in [-0.25, -0.2) is 4.79 Å². The predicted molar refractivity (Wildman–Crippen MR) is 72.9 cm³/mol. The Morgan fingerprint density at radius 3 is 2.35 bits per heavy atom. The van der Waals surface area contributed by atoms with E-state index in [2.05, 4.69) is 10.2 Å². The fourth-order valence-corrected chi connectivity index (χ4v) is 2.08. The first-order valence-electron chi connectivity index (χ1n) is 6.14. The molecule has 0 radical (unpaired) electrons. The molecule has 2 rings (SSSR count). The molecule has 0 unspecified atom stereocenters. The van der Waals surface area contributed by atoms with Crippen LogP contribution in [0.2, 0.25) is 0 Å². The Kier molecular flexibility index (Phi) is 4.44. The van der Waals surface area contributed by atoms with Crippen LogP contribution < -0.4 is 4.90 Å². The van der Waals surface area contributed by atoms with Gasteiger partial charge < -0.3 is 20.2 Å². The maximum absolute atomic E-state index is 11.3. The van der Waals surface area contributed by atoms with Gasteiger partial charge in [0.2, 0.25) is 0 Å². The Bertz CT molecular complexity index is 612. The van der Waals surface area contributed by atoms with Crippen LogP contribution >= 0.6 is 0 Å². The van der Waals surface area contributed by atoms with Gasteiger partial charge in [0.15, 0.2) is 5.69 Å². The van der Waals surface area contributed by atoms with Crippen molar-refractivity contribution in [1.29, 1.82) is 0 Å². The molecule has 0 fully saturated rings. The first kappa shape index (κ1) is 14.2. The summed E-state index contributed by atoms with van der Waals surface area (Å²) in [5.74, 6) is -1.20. The first-order chi connectivity index (χ1) is 9.69. The summed E-state index contributed by atoms with van der Waals surface area (Å²) in [6, 6.07) is 7.03. The average Bonchev–Trinajstić information content (AvgIpc) is 2.45. The lowest BCUT2D eigenvalue weighted by Gasteiger charge is -2.25. The van der Waals surface area contributed by atoms with Crippen molar-refractivity contribution in [2.24, 2.45) is 0 Å². The Balaban J connectivity index is 2.67. The third-order valence-electron chi connectivity index (χ3n) is 2.90. The van der Waals surface area contributed by atoms with E-state index in [1.165, 1.54) is 0 Å². The Morgan fingerprint density at radius 2 is 1.75 bits per heavy atom. The summed E-state index contributed by atoms with van der Waals surface area (Å²) >= 11 is 0. The Labute approximate surface area is 115 Å². The average molecular weight is 277 g/mol. The second-order valence-corrected chi connectivity index (χ2v) is 4.15. The van der Waals surface area contributed by atoms with Crippen LogP contribution in [-0.2, 0) is 0 Å². The fraction of sp³-hybridized carbons (Fsp3) is 0.308. The van der Waals surface area contributed by atoms with Crippen LogP contribution in [0, 0.1) is 0 Å². The summed E-state index contributed by atoms with van der Waals surface area (Å²) in [6.45, 7) is 0.0957. The number of carboxylic acid groups (broad SMARTS) is 1.